The number of nitrogens with one attached hydrogen (secondary N) is 2. The molecule has 1 aliphatic heterocycles. The topological polar surface area (TPSA) is 67.2 Å². The lowest BCUT2D eigenvalue weighted by Crippen LogP contribution is -2.54. The van der Waals surface area contributed by atoms with Crippen LogP contribution in [0.5, 0.6) is 0 Å². The number of piperidine rings is 1. The molecule has 1 aromatic heterocycles. The summed E-state index contributed by atoms with van der Waals surface area (Å²) in [6.45, 7) is 2.23. The molecule has 2 heterocycles. The van der Waals surface area contributed by atoms with Crippen molar-refractivity contribution in [3.05, 3.63) is 17.8 Å². The second-order valence-electron chi connectivity index (χ2n) is 6.03. The quantitative estimate of drug-likeness (QED) is 0.885. The summed E-state index contributed by atoms with van der Waals surface area (Å²) in [4.78, 5) is 16.3. The largest absolute Gasteiger partial charge is 0.444 e. The zero-order valence-corrected chi connectivity index (χ0v) is 12.0. The molecule has 2 aliphatic rings. The molecule has 1 saturated heterocycles. The molecule has 0 aromatic carbocycles. The van der Waals surface area contributed by atoms with E-state index in [1.54, 1.807) is 6.20 Å². The van der Waals surface area contributed by atoms with Crippen molar-refractivity contribution in [2.24, 2.45) is 5.92 Å². The van der Waals surface area contributed by atoms with Crippen LogP contribution in [0.15, 0.2) is 10.6 Å². The minimum atomic E-state index is -0.0505. The van der Waals surface area contributed by atoms with Crippen LogP contribution in [-0.2, 0) is 11.3 Å². The Hall–Kier alpha value is -1.36. The van der Waals surface area contributed by atoms with Gasteiger partial charge in [0.15, 0.2) is 0 Å². The Morgan fingerprint density at radius 2 is 2.25 bits per heavy atom. The number of aryl methyl sites for hydroxylation is 1. The number of nitrogens with zero attached hydrogens (tertiary/aromatic N) is 1. The highest BCUT2D eigenvalue weighted by atomic mass is 16.4. The molecule has 1 saturated carbocycles. The number of oxazole rings is 1. The van der Waals surface area contributed by atoms with Crippen LogP contribution in [0.1, 0.15) is 50.2 Å². The van der Waals surface area contributed by atoms with Crippen LogP contribution in [0, 0.1) is 12.8 Å². The van der Waals surface area contributed by atoms with Crippen molar-refractivity contribution in [2.45, 2.75) is 64.1 Å². The second-order valence-corrected chi connectivity index (χ2v) is 6.03. The molecule has 2 fully saturated rings. The number of hydrogen-bond donors (Lipinski definition) is 2. The van der Waals surface area contributed by atoms with Crippen LogP contribution < -0.4 is 10.6 Å². The Morgan fingerprint density at radius 3 is 3.05 bits per heavy atom. The van der Waals surface area contributed by atoms with Crippen LogP contribution in [0.2, 0.25) is 0 Å². The summed E-state index contributed by atoms with van der Waals surface area (Å²) < 4.78 is 5.36. The number of carbonyl (C=O) groups is 1. The van der Waals surface area contributed by atoms with Crippen molar-refractivity contribution in [1.29, 1.82) is 0 Å². The van der Waals surface area contributed by atoms with E-state index in [0.29, 0.717) is 18.5 Å². The first-order chi connectivity index (χ1) is 9.72. The molecule has 1 aliphatic carbocycles. The third-order valence-electron chi connectivity index (χ3n) is 4.55. The van der Waals surface area contributed by atoms with Gasteiger partial charge in [-0.25, -0.2) is 4.98 Å². The lowest BCUT2D eigenvalue weighted by Gasteiger charge is -2.39. The van der Waals surface area contributed by atoms with Gasteiger partial charge in [-0.3, -0.25) is 4.79 Å². The van der Waals surface area contributed by atoms with Crippen molar-refractivity contribution in [3.8, 4) is 0 Å². The molecule has 5 nitrogen and oxygen atoms in total. The molecule has 110 valence electrons. The highest BCUT2D eigenvalue weighted by molar-refractivity contribution is 5.81. The Bertz CT molecular complexity index is 471. The van der Waals surface area contributed by atoms with Crippen molar-refractivity contribution in [3.63, 3.8) is 0 Å². The van der Waals surface area contributed by atoms with Crippen molar-refractivity contribution >= 4 is 5.91 Å². The van der Waals surface area contributed by atoms with Gasteiger partial charge in [0.25, 0.3) is 0 Å². The molecule has 3 unspecified atom stereocenters. The normalized spacial score (nSPS) is 29.8. The molecule has 3 atom stereocenters. The standard InChI is InChI=1S/C15H23N3O2/c1-10-8-16-14(20-10)9-17-15(19)13-7-6-11-4-2-3-5-12(11)18-13/h8,11-13,18H,2-7,9H2,1H3,(H,17,19). The average Bonchev–Trinajstić information content (AvgIpc) is 2.90. The third-order valence-corrected chi connectivity index (χ3v) is 4.55. The predicted molar refractivity (Wildman–Crippen MR) is 75.0 cm³/mol. The molecule has 3 rings (SSSR count). The maximum atomic E-state index is 12.2. The number of amides is 1. The summed E-state index contributed by atoms with van der Waals surface area (Å²) in [5.74, 6) is 2.20. The molecule has 0 spiro atoms. The zero-order valence-electron chi connectivity index (χ0n) is 12.0. The number of fused-ring (bicyclic) bond motifs is 1. The first-order valence-corrected chi connectivity index (χ1v) is 7.67. The van der Waals surface area contributed by atoms with Gasteiger partial charge in [0.1, 0.15) is 5.76 Å². The summed E-state index contributed by atoms with van der Waals surface area (Å²) >= 11 is 0. The smallest absolute Gasteiger partial charge is 0.237 e. The fourth-order valence-electron chi connectivity index (χ4n) is 3.47. The van der Waals surface area contributed by atoms with E-state index in [1.165, 1.54) is 32.1 Å². The number of rotatable bonds is 3. The van der Waals surface area contributed by atoms with Crippen molar-refractivity contribution in [2.75, 3.05) is 0 Å². The lowest BCUT2D eigenvalue weighted by molar-refractivity contribution is -0.124. The molecule has 1 amide bonds. The monoisotopic (exact) mass is 277 g/mol. The van der Waals surface area contributed by atoms with E-state index in [9.17, 15) is 4.79 Å². The van der Waals surface area contributed by atoms with Gasteiger partial charge < -0.3 is 15.1 Å². The molecule has 20 heavy (non-hydrogen) atoms. The third kappa shape index (κ3) is 3.03. The van der Waals surface area contributed by atoms with Gasteiger partial charge in [-0.2, -0.15) is 0 Å². The van der Waals surface area contributed by atoms with Crippen molar-refractivity contribution in [1.82, 2.24) is 15.6 Å². The van der Waals surface area contributed by atoms with Gasteiger partial charge in [-0.1, -0.05) is 12.8 Å². The highest BCUT2D eigenvalue weighted by Crippen LogP contribution is 2.32. The Balaban J connectivity index is 1.50. The van der Waals surface area contributed by atoms with E-state index in [-0.39, 0.29) is 11.9 Å². The van der Waals surface area contributed by atoms with E-state index in [4.69, 9.17) is 4.42 Å². The van der Waals surface area contributed by atoms with Crippen LogP contribution in [0.25, 0.3) is 0 Å². The highest BCUT2D eigenvalue weighted by Gasteiger charge is 2.34. The molecule has 1 aromatic rings. The number of aromatic nitrogens is 1. The summed E-state index contributed by atoms with van der Waals surface area (Å²) in [6.07, 6.45) is 8.97. The summed E-state index contributed by atoms with van der Waals surface area (Å²) in [5, 5.41) is 6.45. The van der Waals surface area contributed by atoms with Gasteiger partial charge in [-0.15, -0.1) is 0 Å². The molecule has 0 bridgehead atoms. The van der Waals surface area contributed by atoms with Gasteiger partial charge in [-0.05, 0) is 38.5 Å². The number of hydrogen-bond acceptors (Lipinski definition) is 4. The fourth-order valence-corrected chi connectivity index (χ4v) is 3.47. The maximum Gasteiger partial charge on any atom is 0.237 e. The van der Waals surface area contributed by atoms with Gasteiger partial charge in [0.05, 0.1) is 18.8 Å². The van der Waals surface area contributed by atoms with Gasteiger partial charge >= 0.3 is 0 Å². The summed E-state index contributed by atoms with van der Waals surface area (Å²) in [7, 11) is 0. The molecule has 2 N–H and O–H groups in total. The van der Waals surface area contributed by atoms with Crippen LogP contribution in [0.4, 0.5) is 0 Å². The minimum Gasteiger partial charge on any atom is -0.444 e. The molecule has 0 radical (unpaired) electrons. The molecule has 5 heteroatoms. The van der Waals surface area contributed by atoms with E-state index in [2.05, 4.69) is 15.6 Å². The van der Waals surface area contributed by atoms with Crippen LogP contribution in [-0.4, -0.2) is 23.0 Å². The number of carbonyl (C=O) groups excluding carboxylic acids is 1. The van der Waals surface area contributed by atoms with E-state index in [1.807, 2.05) is 6.92 Å². The first-order valence-electron chi connectivity index (χ1n) is 7.67. The Kier molecular flexibility index (Phi) is 4.05. The maximum absolute atomic E-state index is 12.2. The van der Waals surface area contributed by atoms with Crippen LogP contribution in [0.3, 0.4) is 0 Å². The molecular weight excluding hydrogens is 254 g/mol. The fraction of sp³-hybridized carbons (Fsp3) is 0.733. The predicted octanol–water partition coefficient (Wildman–Crippen LogP) is 1.91. The van der Waals surface area contributed by atoms with Gasteiger partial charge in [0.2, 0.25) is 11.8 Å². The SMILES string of the molecule is Cc1cnc(CNC(=O)C2CCC3CCCCC3N2)o1. The van der Waals surface area contributed by atoms with E-state index in [0.717, 1.165) is 18.1 Å². The summed E-state index contributed by atoms with van der Waals surface area (Å²) in [5.41, 5.74) is 0. The Morgan fingerprint density at radius 1 is 1.40 bits per heavy atom. The van der Waals surface area contributed by atoms with Crippen molar-refractivity contribution < 1.29 is 9.21 Å². The summed E-state index contributed by atoms with van der Waals surface area (Å²) in [6, 6.07) is 0.489. The van der Waals surface area contributed by atoms with Crippen LogP contribution >= 0.6 is 0 Å². The van der Waals surface area contributed by atoms with E-state index < -0.39 is 0 Å². The zero-order chi connectivity index (χ0) is 13.9. The first kappa shape index (κ1) is 13.6. The van der Waals surface area contributed by atoms with Gasteiger partial charge in [0, 0.05) is 6.04 Å². The van der Waals surface area contributed by atoms with E-state index >= 15 is 0 Å². The average molecular weight is 277 g/mol. The second kappa shape index (κ2) is 5.95. The molecular formula is C15H23N3O2. The Labute approximate surface area is 119 Å². The lowest BCUT2D eigenvalue weighted by atomic mass is 9.77. The minimum absolute atomic E-state index is 0.0505.